The molecule has 2 aromatic carbocycles. The molecule has 0 fully saturated rings. The summed E-state index contributed by atoms with van der Waals surface area (Å²) >= 11 is 0. The van der Waals surface area contributed by atoms with Gasteiger partial charge in [0.05, 0.1) is 11.4 Å². The van der Waals surface area contributed by atoms with E-state index in [1.54, 1.807) is 26.0 Å². The number of amides is 2. The van der Waals surface area contributed by atoms with E-state index >= 15 is 0 Å². The van der Waals surface area contributed by atoms with Gasteiger partial charge in [0.25, 0.3) is 5.91 Å². The summed E-state index contributed by atoms with van der Waals surface area (Å²) < 4.78 is 35.8. The van der Waals surface area contributed by atoms with Crippen LogP contribution in [0.1, 0.15) is 32.3 Å². The van der Waals surface area contributed by atoms with Crippen molar-refractivity contribution in [2.24, 2.45) is 0 Å². The second kappa shape index (κ2) is 8.46. The lowest BCUT2D eigenvalue weighted by Gasteiger charge is -2.07. The van der Waals surface area contributed by atoms with Gasteiger partial charge < -0.3 is 9.15 Å². The number of para-hydroxylation sites is 1. The molecule has 4 rings (SSSR count). The number of rotatable bonds is 5. The van der Waals surface area contributed by atoms with Crippen molar-refractivity contribution >= 4 is 22.8 Å². The molecule has 2 aromatic heterocycles. The normalized spacial score (nSPS) is 11.0. The van der Waals surface area contributed by atoms with Gasteiger partial charge in [-0.25, -0.2) is 4.68 Å². The highest BCUT2D eigenvalue weighted by Gasteiger charge is 2.21. The van der Waals surface area contributed by atoms with E-state index in [-0.39, 0.29) is 17.2 Å². The number of halogens is 2. The number of aromatic nitrogens is 3. The highest BCUT2D eigenvalue weighted by molar-refractivity contribution is 6.01. The summed E-state index contributed by atoms with van der Waals surface area (Å²) in [7, 11) is 0. The zero-order valence-electron chi connectivity index (χ0n) is 16.9. The molecule has 11 heteroatoms. The molecule has 4 aromatic rings. The van der Waals surface area contributed by atoms with Gasteiger partial charge in [-0.15, -0.1) is 5.10 Å². The Kier molecular flexibility index (Phi) is 5.54. The predicted molar refractivity (Wildman–Crippen MR) is 109 cm³/mol. The summed E-state index contributed by atoms with van der Waals surface area (Å²) in [6.07, 6.45) is 0. The molecular weight excluding hydrogens is 424 g/mol. The fraction of sp³-hybridized carbons (Fsp3) is 0.143. The van der Waals surface area contributed by atoms with E-state index in [1.165, 1.54) is 28.9 Å². The number of furan rings is 1. The molecule has 32 heavy (non-hydrogen) atoms. The Morgan fingerprint density at radius 2 is 1.72 bits per heavy atom. The van der Waals surface area contributed by atoms with Gasteiger partial charge in [-0.2, -0.15) is 8.78 Å². The van der Waals surface area contributed by atoms with Crippen LogP contribution in [0.4, 0.5) is 8.78 Å². The van der Waals surface area contributed by atoms with Crippen LogP contribution in [0.5, 0.6) is 5.75 Å². The van der Waals surface area contributed by atoms with E-state index in [2.05, 4.69) is 25.9 Å². The summed E-state index contributed by atoms with van der Waals surface area (Å²) in [4.78, 5) is 25.0. The fourth-order valence-electron chi connectivity index (χ4n) is 3.17. The maximum Gasteiger partial charge on any atom is 0.387 e. The molecule has 0 spiro atoms. The van der Waals surface area contributed by atoms with E-state index in [1.807, 2.05) is 12.1 Å². The minimum atomic E-state index is -2.93. The Hall–Kier alpha value is -4.28. The maximum absolute atomic E-state index is 12.5. The highest BCUT2D eigenvalue weighted by Crippen LogP contribution is 2.24. The quantitative estimate of drug-likeness (QED) is 0.460. The summed E-state index contributed by atoms with van der Waals surface area (Å²) in [5.41, 5.74) is 6.63. The second-order valence-electron chi connectivity index (χ2n) is 6.77. The van der Waals surface area contributed by atoms with Crippen molar-refractivity contribution in [1.29, 1.82) is 0 Å². The minimum absolute atomic E-state index is 0.0110. The van der Waals surface area contributed by atoms with Gasteiger partial charge >= 0.3 is 12.5 Å². The SMILES string of the molecule is Cc1c(C(=O)NNC(=O)c2nnn(-c3ccc(OC(F)F)cc3)c2C)oc2ccccc12. The molecule has 0 aliphatic carbocycles. The molecule has 2 heterocycles. The number of carbonyl (C=O) groups is 2. The van der Waals surface area contributed by atoms with Crippen LogP contribution in [-0.2, 0) is 0 Å². The monoisotopic (exact) mass is 441 g/mol. The van der Waals surface area contributed by atoms with Gasteiger partial charge in [0.1, 0.15) is 11.3 Å². The zero-order valence-corrected chi connectivity index (χ0v) is 16.9. The molecular formula is C21H17F2N5O4. The first-order valence-corrected chi connectivity index (χ1v) is 9.41. The molecule has 0 saturated heterocycles. The molecule has 0 aliphatic heterocycles. The maximum atomic E-state index is 12.5. The topological polar surface area (TPSA) is 111 Å². The van der Waals surface area contributed by atoms with Gasteiger partial charge in [-0.3, -0.25) is 20.4 Å². The van der Waals surface area contributed by atoms with E-state index in [9.17, 15) is 18.4 Å². The molecule has 0 radical (unpaired) electrons. The molecule has 164 valence electrons. The number of aryl methyl sites for hydroxylation is 1. The average molecular weight is 441 g/mol. The standard InChI is InChI=1S/C21H17F2N5O4/c1-11-15-5-3-4-6-16(15)32-18(11)20(30)26-25-19(29)17-12(2)28(27-24-17)13-7-9-14(10-8-13)31-21(22)23/h3-10,21H,1-2H3,(H,25,29)(H,26,30). The van der Waals surface area contributed by atoms with Crippen molar-refractivity contribution in [3.05, 3.63) is 71.2 Å². The molecule has 0 aliphatic rings. The molecule has 9 nitrogen and oxygen atoms in total. The van der Waals surface area contributed by atoms with Crippen LogP contribution in [0, 0.1) is 13.8 Å². The Balaban J connectivity index is 1.45. The number of ether oxygens (including phenoxy) is 1. The number of hydrogen-bond acceptors (Lipinski definition) is 6. The third-order valence-electron chi connectivity index (χ3n) is 4.76. The Morgan fingerprint density at radius 3 is 2.41 bits per heavy atom. The van der Waals surface area contributed by atoms with Crippen LogP contribution in [-0.4, -0.2) is 33.4 Å². The van der Waals surface area contributed by atoms with E-state index in [0.29, 0.717) is 22.5 Å². The van der Waals surface area contributed by atoms with Gasteiger partial charge in [0, 0.05) is 10.9 Å². The van der Waals surface area contributed by atoms with Crippen LogP contribution in [0.2, 0.25) is 0 Å². The van der Waals surface area contributed by atoms with Gasteiger partial charge in [0.2, 0.25) is 0 Å². The number of hydrazine groups is 1. The summed E-state index contributed by atoms with van der Waals surface area (Å²) in [6, 6.07) is 12.9. The van der Waals surface area contributed by atoms with Gasteiger partial charge in [-0.1, -0.05) is 23.4 Å². The molecule has 0 unspecified atom stereocenters. The van der Waals surface area contributed by atoms with Crippen LogP contribution in [0.3, 0.4) is 0 Å². The number of nitrogens with zero attached hydrogens (tertiary/aromatic N) is 3. The smallest absolute Gasteiger partial charge is 0.387 e. The molecule has 0 bridgehead atoms. The van der Waals surface area contributed by atoms with E-state index in [0.717, 1.165) is 5.39 Å². The largest absolute Gasteiger partial charge is 0.451 e. The van der Waals surface area contributed by atoms with Crippen LogP contribution < -0.4 is 15.6 Å². The lowest BCUT2D eigenvalue weighted by Crippen LogP contribution is -2.42. The molecule has 2 N–H and O–H groups in total. The molecule has 2 amide bonds. The van der Waals surface area contributed by atoms with Crippen molar-refractivity contribution < 1.29 is 27.5 Å². The number of alkyl halides is 2. The van der Waals surface area contributed by atoms with Crippen LogP contribution in [0.25, 0.3) is 16.7 Å². The zero-order chi connectivity index (χ0) is 22.8. The predicted octanol–water partition coefficient (Wildman–Crippen LogP) is 3.31. The first kappa shape index (κ1) is 21.0. The lowest BCUT2D eigenvalue weighted by molar-refractivity contribution is -0.0498. The van der Waals surface area contributed by atoms with Gasteiger partial charge in [0.15, 0.2) is 11.5 Å². The average Bonchev–Trinajstić information content (AvgIpc) is 3.32. The van der Waals surface area contributed by atoms with E-state index in [4.69, 9.17) is 4.42 Å². The first-order chi connectivity index (χ1) is 15.3. The van der Waals surface area contributed by atoms with Crippen LogP contribution in [0.15, 0.2) is 52.9 Å². The first-order valence-electron chi connectivity index (χ1n) is 9.41. The highest BCUT2D eigenvalue weighted by atomic mass is 19.3. The number of hydrogen-bond donors (Lipinski definition) is 2. The Morgan fingerprint density at radius 1 is 1.03 bits per heavy atom. The summed E-state index contributed by atoms with van der Waals surface area (Å²) in [6.45, 7) is 0.419. The van der Waals surface area contributed by atoms with Crippen molar-refractivity contribution in [2.45, 2.75) is 20.5 Å². The summed E-state index contributed by atoms with van der Waals surface area (Å²) in [5, 5.41) is 8.55. The number of carbonyl (C=O) groups excluding carboxylic acids is 2. The van der Waals surface area contributed by atoms with Crippen molar-refractivity contribution in [2.75, 3.05) is 0 Å². The van der Waals surface area contributed by atoms with Crippen molar-refractivity contribution in [3.8, 4) is 11.4 Å². The Labute approximate surface area is 179 Å². The van der Waals surface area contributed by atoms with Crippen molar-refractivity contribution in [3.63, 3.8) is 0 Å². The molecule has 0 saturated carbocycles. The van der Waals surface area contributed by atoms with Crippen molar-refractivity contribution in [1.82, 2.24) is 25.8 Å². The van der Waals surface area contributed by atoms with E-state index < -0.39 is 18.4 Å². The number of fused-ring (bicyclic) bond motifs is 1. The molecule has 0 atom stereocenters. The lowest BCUT2D eigenvalue weighted by atomic mass is 10.1. The fourth-order valence-corrected chi connectivity index (χ4v) is 3.17. The third kappa shape index (κ3) is 4.00. The van der Waals surface area contributed by atoms with Crippen LogP contribution >= 0.6 is 0 Å². The summed E-state index contributed by atoms with van der Waals surface area (Å²) in [5.74, 6) is -1.23. The third-order valence-corrected chi connectivity index (χ3v) is 4.76. The second-order valence-corrected chi connectivity index (χ2v) is 6.77. The minimum Gasteiger partial charge on any atom is -0.451 e. The number of nitrogens with one attached hydrogen (secondary N) is 2. The number of benzene rings is 2. The van der Waals surface area contributed by atoms with Gasteiger partial charge in [-0.05, 0) is 44.2 Å². The Bertz CT molecular complexity index is 1300.